The van der Waals surface area contributed by atoms with Gasteiger partial charge in [0.25, 0.3) is 0 Å². The molecule has 0 aromatic heterocycles. The Balaban J connectivity index is 0.000001000. The van der Waals surface area contributed by atoms with Gasteiger partial charge >= 0.3 is 0 Å². The van der Waals surface area contributed by atoms with E-state index in [0.717, 1.165) is 18.3 Å². The van der Waals surface area contributed by atoms with Gasteiger partial charge < -0.3 is 5.32 Å². The quantitative estimate of drug-likeness (QED) is 0.540. The summed E-state index contributed by atoms with van der Waals surface area (Å²) in [5.41, 5.74) is 0. The van der Waals surface area contributed by atoms with Crippen LogP contribution in [0.25, 0.3) is 0 Å². The van der Waals surface area contributed by atoms with E-state index in [2.05, 4.69) is 5.32 Å². The lowest BCUT2D eigenvalue weighted by Crippen LogP contribution is -2.22. The minimum absolute atomic E-state index is 0. The van der Waals surface area contributed by atoms with Gasteiger partial charge in [-0.3, -0.25) is 0 Å². The van der Waals surface area contributed by atoms with E-state index < -0.39 is 0 Å². The number of rotatable bonds is 4. The Labute approximate surface area is 80.3 Å². The molecule has 3 heteroatoms. The molecule has 11 heavy (non-hydrogen) atoms. The van der Waals surface area contributed by atoms with Gasteiger partial charge in [0, 0.05) is 12.4 Å². The average molecular weight is 198 g/mol. The molecule has 0 aromatic rings. The van der Waals surface area contributed by atoms with Gasteiger partial charge in [-0.05, 0) is 25.3 Å². The van der Waals surface area contributed by atoms with Gasteiger partial charge in [0.1, 0.15) is 0 Å². The Bertz CT molecular complexity index is 82.2. The van der Waals surface area contributed by atoms with E-state index in [1.165, 1.54) is 32.2 Å². The summed E-state index contributed by atoms with van der Waals surface area (Å²) >= 11 is 5.52. The largest absolute Gasteiger partial charge is 0.315 e. The van der Waals surface area contributed by atoms with Gasteiger partial charge in [-0.2, -0.15) is 0 Å². The minimum atomic E-state index is 0. The standard InChI is InChI=1S/C8H16ClN.ClH/c9-5-6-10-7-8-3-1-2-4-8;/h8,10H,1-7H2;1H. The first-order valence-electron chi connectivity index (χ1n) is 4.20. The normalized spacial score (nSPS) is 18.3. The number of hydrogen-bond acceptors (Lipinski definition) is 1. The second-order valence-electron chi connectivity index (χ2n) is 3.04. The third-order valence-corrected chi connectivity index (χ3v) is 2.37. The highest BCUT2D eigenvalue weighted by Crippen LogP contribution is 2.23. The maximum Gasteiger partial charge on any atom is 0.0348 e. The van der Waals surface area contributed by atoms with E-state index in [4.69, 9.17) is 11.6 Å². The third kappa shape index (κ3) is 4.89. The van der Waals surface area contributed by atoms with Crippen molar-refractivity contribution < 1.29 is 0 Å². The number of hydrogen-bond donors (Lipinski definition) is 1. The Hall–Kier alpha value is 0.540. The molecule has 0 atom stereocenters. The van der Waals surface area contributed by atoms with Gasteiger partial charge in [-0.25, -0.2) is 0 Å². The molecule has 1 fully saturated rings. The van der Waals surface area contributed by atoms with Crippen LogP contribution in [0.15, 0.2) is 0 Å². The fourth-order valence-corrected chi connectivity index (χ4v) is 1.72. The van der Waals surface area contributed by atoms with E-state index in [1.807, 2.05) is 0 Å². The Kier molecular flexibility index (Phi) is 7.56. The van der Waals surface area contributed by atoms with Crippen LogP contribution in [-0.4, -0.2) is 19.0 Å². The highest BCUT2D eigenvalue weighted by atomic mass is 35.5. The first-order chi connectivity index (χ1) is 4.93. The fourth-order valence-electron chi connectivity index (χ4n) is 1.59. The minimum Gasteiger partial charge on any atom is -0.315 e. The SMILES string of the molecule is Cl.ClCCNCC1CCCC1. The van der Waals surface area contributed by atoms with Crippen molar-refractivity contribution in [3.8, 4) is 0 Å². The molecule has 0 bridgehead atoms. The molecule has 0 unspecified atom stereocenters. The molecule has 1 nitrogen and oxygen atoms in total. The summed E-state index contributed by atoms with van der Waals surface area (Å²) in [5, 5.41) is 3.35. The molecule has 0 saturated heterocycles. The smallest absolute Gasteiger partial charge is 0.0348 e. The van der Waals surface area contributed by atoms with Crippen molar-refractivity contribution in [1.29, 1.82) is 0 Å². The Morgan fingerprint density at radius 1 is 1.27 bits per heavy atom. The monoisotopic (exact) mass is 197 g/mol. The van der Waals surface area contributed by atoms with E-state index in [9.17, 15) is 0 Å². The summed E-state index contributed by atoms with van der Waals surface area (Å²) in [6, 6.07) is 0. The van der Waals surface area contributed by atoms with E-state index in [0.29, 0.717) is 0 Å². The third-order valence-electron chi connectivity index (χ3n) is 2.18. The molecule has 1 N–H and O–H groups in total. The van der Waals surface area contributed by atoms with Crippen LogP contribution < -0.4 is 5.32 Å². The van der Waals surface area contributed by atoms with E-state index in [-0.39, 0.29) is 12.4 Å². The van der Waals surface area contributed by atoms with Crippen LogP contribution in [0.2, 0.25) is 0 Å². The maximum atomic E-state index is 5.52. The molecule has 1 saturated carbocycles. The van der Waals surface area contributed by atoms with E-state index in [1.54, 1.807) is 0 Å². The van der Waals surface area contributed by atoms with Crippen LogP contribution in [0.5, 0.6) is 0 Å². The van der Waals surface area contributed by atoms with Crippen LogP contribution in [0, 0.1) is 5.92 Å². The van der Waals surface area contributed by atoms with Crippen LogP contribution in [0.1, 0.15) is 25.7 Å². The summed E-state index contributed by atoms with van der Waals surface area (Å²) in [4.78, 5) is 0. The average Bonchev–Trinajstić information content (AvgIpc) is 2.41. The van der Waals surface area contributed by atoms with Gasteiger partial charge in [0.05, 0.1) is 0 Å². The summed E-state index contributed by atoms with van der Waals surface area (Å²) in [6.07, 6.45) is 5.73. The fraction of sp³-hybridized carbons (Fsp3) is 1.00. The van der Waals surface area contributed by atoms with E-state index >= 15 is 0 Å². The van der Waals surface area contributed by atoms with Crippen LogP contribution in [0.3, 0.4) is 0 Å². The van der Waals surface area contributed by atoms with Crippen molar-refractivity contribution in [1.82, 2.24) is 5.32 Å². The molecule has 1 aliphatic carbocycles. The number of alkyl halides is 1. The van der Waals surface area contributed by atoms with Gasteiger partial charge in [-0.1, -0.05) is 12.8 Å². The van der Waals surface area contributed by atoms with Crippen molar-refractivity contribution in [3.05, 3.63) is 0 Å². The predicted molar refractivity (Wildman–Crippen MR) is 52.8 cm³/mol. The molecule has 0 aromatic carbocycles. The molecule has 0 radical (unpaired) electrons. The van der Waals surface area contributed by atoms with Gasteiger partial charge in [-0.15, -0.1) is 24.0 Å². The lowest BCUT2D eigenvalue weighted by Gasteiger charge is -2.08. The molecule has 1 rings (SSSR count). The molecule has 0 spiro atoms. The summed E-state index contributed by atoms with van der Waals surface area (Å²) in [6.45, 7) is 2.16. The van der Waals surface area contributed by atoms with Crippen LogP contribution in [-0.2, 0) is 0 Å². The van der Waals surface area contributed by atoms with Crippen molar-refractivity contribution in [2.75, 3.05) is 19.0 Å². The second kappa shape index (κ2) is 7.20. The molecule has 68 valence electrons. The zero-order valence-electron chi connectivity index (χ0n) is 6.81. The first kappa shape index (κ1) is 11.5. The van der Waals surface area contributed by atoms with Gasteiger partial charge in [0.2, 0.25) is 0 Å². The van der Waals surface area contributed by atoms with Crippen molar-refractivity contribution in [3.63, 3.8) is 0 Å². The highest BCUT2D eigenvalue weighted by molar-refractivity contribution is 6.18. The van der Waals surface area contributed by atoms with Crippen molar-refractivity contribution >= 4 is 24.0 Å². The summed E-state index contributed by atoms with van der Waals surface area (Å²) in [5.74, 6) is 1.69. The molecule has 1 aliphatic rings. The van der Waals surface area contributed by atoms with Crippen molar-refractivity contribution in [2.45, 2.75) is 25.7 Å². The Morgan fingerprint density at radius 3 is 2.45 bits per heavy atom. The molecule has 0 heterocycles. The Morgan fingerprint density at radius 2 is 1.91 bits per heavy atom. The molecule has 0 aliphatic heterocycles. The number of nitrogens with one attached hydrogen (secondary N) is 1. The summed E-state index contributed by atoms with van der Waals surface area (Å²) in [7, 11) is 0. The summed E-state index contributed by atoms with van der Waals surface area (Å²) < 4.78 is 0. The first-order valence-corrected chi connectivity index (χ1v) is 4.73. The van der Waals surface area contributed by atoms with Crippen LogP contribution in [0.4, 0.5) is 0 Å². The van der Waals surface area contributed by atoms with Gasteiger partial charge in [0.15, 0.2) is 0 Å². The maximum absolute atomic E-state index is 5.52. The highest BCUT2D eigenvalue weighted by Gasteiger charge is 2.13. The van der Waals surface area contributed by atoms with Crippen LogP contribution >= 0.6 is 24.0 Å². The molecular formula is C8H17Cl2N. The molecular weight excluding hydrogens is 181 g/mol. The zero-order chi connectivity index (χ0) is 7.23. The number of halogens is 2. The lowest BCUT2D eigenvalue weighted by atomic mass is 10.1. The van der Waals surface area contributed by atoms with Crippen molar-refractivity contribution in [2.24, 2.45) is 5.92 Å². The second-order valence-corrected chi connectivity index (χ2v) is 3.42. The lowest BCUT2D eigenvalue weighted by molar-refractivity contribution is 0.499. The predicted octanol–water partition coefficient (Wildman–Crippen LogP) is 2.43. The topological polar surface area (TPSA) is 12.0 Å². The molecule has 0 amide bonds. The zero-order valence-corrected chi connectivity index (χ0v) is 8.39.